The monoisotopic (exact) mass is 274 g/mol. The number of hydrogen-bond donors (Lipinski definition) is 0. The Hall–Kier alpha value is -2.36. The number of carbonyl (C=O) groups is 1. The minimum atomic E-state index is -0.491. The summed E-state index contributed by atoms with van der Waals surface area (Å²) in [5.41, 5.74) is 1.78. The number of ether oxygens (including phenoxy) is 2. The molecule has 2 rings (SSSR count). The molecule has 0 fully saturated rings. The van der Waals surface area contributed by atoms with Crippen LogP contribution in [0.1, 0.15) is 21.5 Å². The third kappa shape index (κ3) is 2.64. The van der Waals surface area contributed by atoms with Gasteiger partial charge in [-0.2, -0.15) is 0 Å². The molecule has 0 spiro atoms. The molecule has 104 valence electrons. The highest BCUT2D eigenvalue weighted by Gasteiger charge is 2.13. The Morgan fingerprint density at radius 2 is 1.55 bits per heavy atom. The fourth-order valence-corrected chi connectivity index (χ4v) is 1.99. The van der Waals surface area contributed by atoms with Crippen molar-refractivity contribution in [3.63, 3.8) is 0 Å². The first-order valence-electron chi connectivity index (χ1n) is 6.09. The molecular formula is C16H15FO3. The van der Waals surface area contributed by atoms with Crippen LogP contribution in [-0.4, -0.2) is 20.0 Å². The third-order valence-corrected chi connectivity index (χ3v) is 3.07. The zero-order valence-electron chi connectivity index (χ0n) is 11.6. The molecule has 2 aromatic carbocycles. The Balaban J connectivity index is 2.38. The molecule has 0 bridgehead atoms. The van der Waals surface area contributed by atoms with Gasteiger partial charge in [0.2, 0.25) is 0 Å². The molecule has 0 aliphatic carbocycles. The van der Waals surface area contributed by atoms with E-state index in [1.165, 1.54) is 25.3 Å². The van der Waals surface area contributed by atoms with Gasteiger partial charge in [0, 0.05) is 11.1 Å². The average Bonchev–Trinajstić information content (AvgIpc) is 2.47. The summed E-state index contributed by atoms with van der Waals surface area (Å²) in [5.74, 6) is 0.100. The molecular weight excluding hydrogens is 259 g/mol. The van der Waals surface area contributed by atoms with Gasteiger partial charge in [-0.05, 0) is 48.9 Å². The molecule has 0 heterocycles. The smallest absolute Gasteiger partial charge is 0.193 e. The van der Waals surface area contributed by atoms with Gasteiger partial charge in [-0.25, -0.2) is 4.39 Å². The lowest BCUT2D eigenvalue weighted by molar-refractivity contribution is 0.103. The van der Waals surface area contributed by atoms with E-state index < -0.39 is 5.82 Å². The number of ketones is 1. The number of methoxy groups -OCH3 is 2. The maximum Gasteiger partial charge on any atom is 0.193 e. The molecule has 4 heteroatoms. The van der Waals surface area contributed by atoms with Crippen molar-refractivity contribution in [1.82, 2.24) is 0 Å². The van der Waals surface area contributed by atoms with Gasteiger partial charge >= 0.3 is 0 Å². The minimum Gasteiger partial charge on any atom is -0.496 e. The van der Waals surface area contributed by atoms with Crippen molar-refractivity contribution >= 4 is 5.78 Å². The van der Waals surface area contributed by atoms with E-state index in [1.54, 1.807) is 25.3 Å². The van der Waals surface area contributed by atoms with Crippen molar-refractivity contribution in [2.24, 2.45) is 0 Å². The molecule has 0 radical (unpaired) electrons. The Morgan fingerprint density at radius 1 is 0.950 bits per heavy atom. The molecule has 0 unspecified atom stereocenters. The third-order valence-electron chi connectivity index (χ3n) is 3.07. The second kappa shape index (κ2) is 5.74. The second-order valence-electron chi connectivity index (χ2n) is 4.36. The Labute approximate surface area is 117 Å². The van der Waals surface area contributed by atoms with Crippen LogP contribution in [0, 0.1) is 12.7 Å². The maximum absolute atomic E-state index is 13.3. The number of rotatable bonds is 4. The molecule has 2 aromatic rings. The molecule has 0 aromatic heterocycles. The number of carbonyl (C=O) groups excluding carboxylic acids is 1. The Kier molecular flexibility index (Phi) is 4.03. The first-order valence-corrected chi connectivity index (χ1v) is 6.09. The predicted octanol–water partition coefficient (Wildman–Crippen LogP) is 3.38. The maximum atomic E-state index is 13.3. The zero-order valence-corrected chi connectivity index (χ0v) is 11.6. The summed E-state index contributed by atoms with van der Waals surface area (Å²) in [4.78, 5) is 12.4. The van der Waals surface area contributed by atoms with E-state index in [2.05, 4.69) is 0 Å². The first kappa shape index (κ1) is 14.1. The molecule has 0 amide bonds. The van der Waals surface area contributed by atoms with E-state index in [-0.39, 0.29) is 11.5 Å². The van der Waals surface area contributed by atoms with Crippen LogP contribution in [0.25, 0.3) is 0 Å². The molecule has 0 atom stereocenters. The molecule has 0 aliphatic heterocycles. The van der Waals surface area contributed by atoms with Crippen LogP contribution in [-0.2, 0) is 0 Å². The minimum absolute atomic E-state index is 0.0566. The fraction of sp³-hybridized carbons (Fsp3) is 0.188. The van der Waals surface area contributed by atoms with E-state index in [9.17, 15) is 9.18 Å². The molecule has 0 saturated heterocycles. The second-order valence-corrected chi connectivity index (χ2v) is 4.36. The van der Waals surface area contributed by atoms with Crippen molar-refractivity contribution in [2.45, 2.75) is 6.92 Å². The number of hydrogen-bond acceptors (Lipinski definition) is 3. The first-order chi connectivity index (χ1) is 9.56. The van der Waals surface area contributed by atoms with Crippen LogP contribution >= 0.6 is 0 Å². The molecule has 0 saturated carbocycles. The van der Waals surface area contributed by atoms with Gasteiger partial charge in [-0.15, -0.1) is 0 Å². The molecule has 0 aliphatic rings. The van der Waals surface area contributed by atoms with Gasteiger partial charge in [-0.1, -0.05) is 0 Å². The van der Waals surface area contributed by atoms with Crippen molar-refractivity contribution < 1.29 is 18.7 Å². The Bertz CT molecular complexity index is 650. The summed E-state index contributed by atoms with van der Waals surface area (Å²) in [5, 5.41) is 0. The van der Waals surface area contributed by atoms with Crippen LogP contribution in [0.5, 0.6) is 11.5 Å². The quantitative estimate of drug-likeness (QED) is 0.802. The van der Waals surface area contributed by atoms with Crippen LogP contribution < -0.4 is 9.47 Å². The van der Waals surface area contributed by atoms with Crippen molar-refractivity contribution in [1.29, 1.82) is 0 Å². The molecule has 20 heavy (non-hydrogen) atoms. The Morgan fingerprint density at radius 3 is 2.15 bits per heavy atom. The van der Waals surface area contributed by atoms with Crippen LogP contribution in [0.15, 0.2) is 36.4 Å². The van der Waals surface area contributed by atoms with Crippen molar-refractivity contribution in [3.05, 3.63) is 58.9 Å². The largest absolute Gasteiger partial charge is 0.496 e. The number of benzene rings is 2. The number of halogens is 1. The fourth-order valence-electron chi connectivity index (χ4n) is 1.99. The summed E-state index contributed by atoms with van der Waals surface area (Å²) in [6, 6.07) is 9.24. The highest BCUT2D eigenvalue weighted by Crippen LogP contribution is 2.23. The van der Waals surface area contributed by atoms with E-state index in [4.69, 9.17) is 9.47 Å². The number of aryl methyl sites for hydroxylation is 1. The van der Waals surface area contributed by atoms with E-state index in [1.807, 2.05) is 6.92 Å². The van der Waals surface area contributed by atoms with Crippen molar-refractivity contribution in [3.8, 4) is 11.5 Å². The average molecular weight is 274 g/mol. The summed E-state index contributed by atoms with van der Waals surface area (Å²) in [6.07, 6.45) is 0. The van der Waals surface area contributed by atoms with Gasteiger partial charge in [-0.3, -0.25) is 4.79 Å². The van der Waals surface area contributed by atoms with Crippen molar-refractivity contribution in [2.75, 3.05) is 14.2 Å². The SMILES string of the molecule is COc1ccc(C(=O)c2ccc(F)c(OC)c2)cc1C. The standard InChI is InChI=1S/C16H15FO3/c1-10-8-11(5-7-14(10)19-2)16(18)12-4-6-13(17)15(9-12)20-3/h4-9H,1-3H3. The lowest BCUT2D eigenvalue weighted by Gasteiger charge is -2.08. The summed E-state index contributed by atoms with van der Waals surface area (Å²) in [6.45, 7) is 1.86. The highest BCUT2D eigenvalue weighted by molar-refractivity contribution is 6.09. The van der Waals surface area contributed by atoms with Gasteiger partial charge in [0.15, 0.2) is 17.3 Å². The van der Waals surface area contributed by atoms with Gasteiger partial charge in [0.25, 0.3) is 0 Å². The summed E-state index contributed by atoms with van der Waals surface area (Å²) >= 11 is 0. The molecule has 0 N–H and O–H groups in total. The van der Waals surface area contributed by atoms with Gasteiger partial charge in [0.05, 0.1) is 14.2 Å². The van der Waals surface area contributed by atoms with Crippen LogP contribution in [0.4, 0.5) is 4.39 Å². The highest BCUT2D eigenvalue weighted by atomic mass is 19.1. The predicted molar refractivity (Wildman–Crippen MR) is 74.1 cm³/mol. The lowest BCUT2D eigenvalue weighted by atomic mass is 10.0. The summed E-state index contributed by atoms with van der Waals surface area (Å²) < 4.78 is 23.4. The van der Waals surface area contributed by atoms with Crippen LogP contribution in [0.3, 0.4) is 0 Å². The summed E-state index contributed by atoms with van der Waals surface area (Å²) in [7, 11) is 2.94. The van der Waals surface area contributed by atoms with E-state index >= 15 is 0 Å². The zero-order chi connectivity index (χ0) is 14.7. The lowest BCUT2D eigenvalue weighted by Crippen LogP contribution is -2.03. The van der Waals surface area contributed by atoms with Gasteiger partial charge in [0.1, 0.15) is 5.75 Å². The molecule has 3 nitrogen and oxygen atoms in total. The topological polar surface area (TPSA) is 35.5 Å². The van der Waals surface area contributed by atoms with Crippen LogP contribution in [0.2, 0.25) is 0 Å². The van der Waals surface area contributed by atoms with E-state index in [0.29, 0.717) is 11.1 Å². The van der Waals surface area contributed by atoms with Gasteiger partial charge < -0.3 is 9.47 Å². The van der Waals surface area contributed by atoms with E-state index in [0.717, 1.165) is 11.3 Å². The normalized spacial score (nSPS) is 10.2.